The molecule has 0 unspecified atom stereocenters. The molecule has 78 valence electrons. The van der Waals surface area contributed by atoms with Crippen molar-refractivity contribution in [1.82, 2.24) is 4.72 Å². The van der Waals surface area contributed by atoms with Gasteiger partial charge in [0.1, 0.15) is 0 Å². The fourth-order valence-electron chi connectivity index (χ4n) is 0.864. The molecule has 0 aromatic heterocycles. The van der Waals surface area contributed by atoms with Crippen LogP contribution in [0.15, 0.2) is 0 Å². The highest BCUT2D eigenvalue weighted by molar-refractivity contribution is 7.90. The zero-order chi connectivity index (χ0) is 10.1. The van der Waals surface area contributed by atoms with Crippen molar-refractivity contribution >= 4 is 10.0 Å². The SMILES string of the molecule is CC(C)(CN)CNS(=O)(=O)C1CC1. The molecule has 0 saturated heterocycles. The second-order valence-electron chi connectivity index (χ2n) is 4.43. The Morgan fingerprint density at radius 3 is 2.38 bits per heavy atom. The van der Waals surface area contributed by atoms with Crippen LogP contribution in [0.4, 0.5) is 0 Å². The topological polar surface area (TPSA) is 72.2 Å². The minimum atomic E-state index is -3.04. The van der Waals surface area contributed by atoms with Crippen molar-refractivity contribution in [1.29, 1.82) is 0 Å². The standard InChI is InChI=1S/C8H18N2O2S/c1-8(2,5-9)6-10-13(11,12)7-3-4-7/h7,10H,3-6,9H2,1-2H3. The molecule has 4 nitrogen and oxygen atoms in total. The van der Waals surface area contributed by atoms with Crippen LogP contribution in [0.3, 0.4) is 0 Å². The Morgan fingerprint density at radius 1 is 1.46 bits per heavy atom. The van der Waals surface area contributed by atoms with Crippen molar-refractivity contribution in [3.63, 3.8) is 0 Å². The Kier molecular flexibility index (Phi) is 2.99. The van der Waals surface area contributed by atoms with E-state index in [1.54, 1.807) is 0 Å². The van der Waals surface area contributed by atoms with E-state index in [2.05, 4.69) is 4.72 Å². The smallest absolute Gasteiger partial charge is 0.214 e. The van der Waals surface area contributed by atoms with Gasteiger partial charge in [0.15, 0.2) is 0 Å². The molecular weight excluding hydrogens is 188 g/mol. The fourth-order valence-corrected chi connectivity index (χ4v) is 2.45. The van der Waals surface area contributed by atoms with Crippen molar-refractivity contribution < 1.29 is 8.42 Å². The first-order valence-corrected chi connectivity index (χ1v) is 6.10. The number of nitrogens with two attached hydrogens (primary N) is 1. The van der Waals surface area contributed by atoms with Gasteiger partial charge in [-0.3, -0.25) is 0 Å². The molecule has 0 radical (unpaired) electrons. The fraction of sp³-hybridized carbons (Fsp3) is 1.00. The van der Waals surface area contributed by atoms with Gasteiger partial charge in [-0.2, -0.15) is 0 Å². The van der Waals surface area contributed by atoms with Gasteiger partial charge in [-0.25, -0.2) is 13.1 Å². The summed E-state index contributed by atoms with van der Waals surface area (Å²) in [6.45, 7) is 4.81. The van der Waals surface area contributed by atoms with E-state index in [1.165, 1.54) is 0 Å². The van der Waals surface area contributed by atoms with E-state index >= 15 is 0 Å². The van der Waals surface area contributed by atoms with E-state index in [0.717, 1.165) is 12.8 Å². The summed E-state index contributed by atoms with van der Waals surface area (Å²) >= 11 is 0. The molecule has 0 aromatic rings. The van der Waals surface area contributed by atoms with Crippen LogP contribution < -0.4 is 10.5 Å². The normalized spacial score (nSPS) is 19.0. The van der Waals surface area contributed by atoms with Gasteiger partial charge in [-0.05, 0) is 24.8 Å². The molecule has 1 aliphatic carbocycles. The zero-order valence-electron chi connectivity index (χ0n) is 8.21. The largest absolute Gasteiger partial charge is 0.330 e. The molecule has 0 aromatic carbocycles. The van der Waals surface area contributed by atoms with Crippen molar-refractivity contribution in [2.24, 2.45) is 11.1 Å². The summed E-state index contributed by atoms with van der Waals surface area (Å²) in [6.07, 6.45) is 1.61. The second-order valence-corrected chi connectivity index (χ2v) is 6.48. The summed E-state index contributed by atoms with van der Waals surface area (Å²) in [5.74, 6) is 0. The maximum atomic E-state index is 11.4. The molecule has 3 N–H and O–H groups in total. The highest BCUT2D eigenvalue weighted by Crippen LogP contribution is 2.27. The van der Waals surface area contributed by atoms with Gasteiger partial charge in [0.2, 0.25) is 10.0 Å². The molecular formula is C8H18N2O2S. The molecule has 1 fully saturated rings. The van der Waals surface area contributed by atoms with Gasteiger partial charge < -0.3 is 5.73 Å². The Labute approximate surface area is 79.9 Å². The first-order chi connectivity index (χ1) is 5.87. The van der Waals surface area contributed by atoms with Crippen LogP contribution in [-0.4, -0.2) is 26.8 Å². The van der Waals surface area contributed by atoms with E-state index in [-0.39, 0.29) is 10.7 Å². The molecule has 0 aliphatic heterocycles. The lowest BCUT2D eigenvalue weighted by molar-refractivity contribution is 0.376. The quantitative estimate of drug-likeness (QED) is 0.668. The van der Waals surface area contributed by atoms with Gasteiger partial charge in [-0.1, -0.05) is 13.8 Å². The van der Waals surface area contributed by atoms with Gasteiger partial charge in [0.05, 0.1) is 5.25 Å². The summed E-state index contributed by atoms with van der Waals surface area (Å²) in [7, 11) is -3.04. The summed E-state index contributed by atoms with van der Waals surface area (Å²) in [6, 6.07) is 0. The van der Waals surface area contributed by atoms with E-state index in [0.29, 0.717) is 13.1 Å². The molecule has 13 heavy (non-hydrogen) atoms. The summed E-state index contributed by atoms with van der Waals surface area (Å²) in [4.78, 5) is 0. The van der Waals surface area contributed by atoms with Gasteiger partial charge in [0, 0.05) is 6.54 Å². The first kappa shape index (κ1) is 10.9. The first-order valence-electron chi connectivity index (χ1n) is 4.56. The minimum Gasteiger partial charge on any atom is -0.330 e. The lowest BCUT2D eigenvalue weighted by Gasteiger charge is -2.22. The van der Waals surface area contributed by atoms with Crippen LogP contribution in [0.5, 0.6) is 0 Å². The van der Waals surface area contributed by atoms with Crippen LogP contribution >= 0.6 is 0 Å². The summed E-state index contributed by atoms with van der Waals surface area (Å²) < 4.78 is 25.4. The van der Waals surface area contributed by atoms with Crippen LogP contribution in [0.1, 0.15) is 26.7 Å². The Bertz CT molecular complexity index is 268. The van der Waals surface area contributed by atoms with Crippen LogP contribution in [-0.2, 0) is 10.0 Å². The highest BCUT2D eigenvalue weighted by Gasteiger charge is 2.36. The molecule has 0 bridgehead atoms. The molecule has 0 heterocycles. The maximum absolute atomic E-state index is 11.4. The number of rotatable bonds is 5. The van der Waals surface area contributed by atoms with E-state index in [4.69, 9.17) is 5.73 Å². The third-order valence-corrected chi connectivity index (χ3v) is 4.16. The number of sulfonamides is 1. The van der Waals surface area contributed by atoms with Crippen molar-refractivity contribution in [2.75, 3.05) is 13.1 Å². The maximum Gasteiger partial charge on any atom is 0.214 e. The lowest BCUT2D eigenvalue weighted by Crippen LogP contribution is -2.39. The van der Waals surface area contributed by atoms with E-state index in [9.17, 15) is 8.42 Å². The highest BCUT2D eigenvalue weighted by atomic mass is 32.2. The summed E-state index contributed by atoms with van der Waals surface area (Å²) in [5, 5.41) is -0.138. The van der Waals surface area contributed by atoms with Crippen LogP contribution in [0, 0.1) is 5.41 Å². The number of hydrogen-bond acceptors (Lipinski definition) is 3. The number of nitrogens with one attached hydrogen (secondary N) is 1. The minimum absolute atomic E-state index is 0.138. The van der Waals surface area contributed by atoms with Crippen molar-refractivity contribution in [3.05, 3.63) is 0 Å². The lowest BCUT2D eigenvalue weighted by atomic mass is 9.95. The Hall–Kier alpha value is -0.130. The van der Waals surface area contributed by atoms with Crippen molar-refractivity contribution in [3.8, 4) is 0 Å². The van der Waals surface area contributed by atoms with Gasteiger partial charge in [0.25, 0.3) is 0 Å². The van der Waals surface area contributed by atoms with Crippen LogP contribution in [0.2, 0.25) is 0 Å². The number of hydrogen-bond donors (Lipinski definition) is 2. The molecule has 0 spiro atoms. The third-order valence-electron chi connectivity index (χ3n) is 2.27. The molecule has 1 saturated carbocycles. The molecule has 1 rings (SSSR count). The van der Waals surface area contributed by atoms with E-state index < -0.39 is 10.0 Å². The molecule has 0 atom stereocenters. The Balaban J connectivity index is 2.41. The monoisotopic (exact) mass is 206 g/mol. The zero-order valence-corrected chi connectivity index (χ0v) is 9.02. The predicted molar refractivity (Wildman–Crippen MR) is 52.8 cm³/mol. The predicted octanol–water partition coefficient (Wildman–Crippen LogP) is 0.0531. The van der Waals surface area contributed by atoms with E-state index in [1.807, 2.05) is 13.8 Å². The Morgan fingerprint density at radius 2 is 2.00 bits per heavy atom. The van der Waals surface area contributed by atoms with Gasteiger partial charge >= 0.3 is 0 Å². The van der Waals surface area contributed by atoms with Crippen LogP contribution in [0.25, 0.3) is 0 Å². The molecule has 5 heteroatoms. The van der Waals surface area contributed by atoms with Gasteiger partial charge in [-0.15, -0.1) is 0 Å². The third kappa shape index (κ3) is 3.25. The average Bonchev–Trinajstić information content (AvgIpc) is 2.84. The molecule has 0 amide bonds. The van der Waals surface area contributed by atoms with Crippen molar-refractivity contribution in [2.45, 2.75) is 31.9 Å². The summed E-state index contributed by atoms with van der Waals surface area (Å²) in [5.41, 5.74) is 5.34. The molecule has 1 aliphatic rings. The second kappa shape index (κ2) is 3.55. The average molecular weight is 206 g/mol.